The fraction of sp³-hybridized carbons (Fsp3) is 0.300. The zero-order chi connectivity index (χ0) is 11.3. The van der Waals surface area contributed by atoms with Crippen LogP contribution in [0.1, 0.15) is 6.92 Å². The molecule has 0 radical (unpaired) electrons. The summed E-state index contributed by atoms with van der Waals surface area (Å²) < 4.78 is 0. The summed E-state index contributed by atoms with van der Waals surface area (Å²) in [6.07, 6.45) is 0. The van der Waals surface area contributed by atoms with Gasteiger partial charge < -0.3 is 11.1 Å². The molecule has 1 rings (SSSR count). The third-order valence-corrected chi connectivity index (χ3v) is 2.84. The van der Waals surface area contributed by atoms with Crippen molar-refractivity contribution in [2.24, 2.45) is 0 Å². The minimum Gasteiger partial charge on any atom is -0.397 e. The third kappa shape index (κ3) is 4.01. The van der Waals surface area contributed by atoms with Gasteiger partial charge in [0.25, 0.3) is 0 Å². The Bertz CT molecular complexity index is 357. The van der Waals surface area contributed by atoms with E-state index < -0.39 is 0 Å². The predicted octanol–water partition coefficient (Wildman–Crippen LogP) is 2.61. The van der Waals surface area contributed by atoms with E-state index in [2.05, 4.69) is 5.32 Å². The van der Waals surface area contributed by atoms with Gasteiger partial charge >= 0.3 is 0 Å². The molecule has 1 amide bonds. The zero-order valence-electron chi connectivity index (χ0n) is 8.42. The van der Waals surface area contributed by atoms with Crippen molar-refractivity contribution in [2.45, 2.75) is 6.92 Å². The Balaban J connectivity index is 2.63. The lowest BCUT2D eigenvalue weighted by Crippen LogP contribution is -2.15. The number of thioether (sulfide) groups is 1. The minimum absolute atomic E-state index is 0.0594. The van der Waals surface area contributed by atoms with Gasteiger partial charge in [0.1, 0.15) is 0 Å². The van der Waals surface area contributed by atoms with Crippen LogP contribution in [0.5, 0.6) is 0 Å². The maximum Gasteiger partial charge on any atom is 0.234 e. The van der Waals surface area contributed by atoms with Crippen LogP contribution in [0, 0.1) is 0 Å². The Kier molecular flexibility index (Phi) is 4.78. The summed E-state index contributed by atoms with van der Waals surface area (Å²) in [5.74, 6) is 1.29. The topological polar surface area (TPSA) is 55.1 Å². The van der Waals surface area contributed by atoms with Crippen LogP contribution in [0.25, 0.3) is 0 Å². The molecule has 0 aliphatic rings. The van der Waals surface area contributed by atoms with E-state index in [-0.39, 0.29) is 5.91 Å². The van der Waals surface area contributed by atoms with Crippen LogP contribution in [0.4, 0.5) is 11.4 Å². The van der Waals surface area contributed by atoms with E-state index in [1.807, 2.05) is 6.92 Å². The molecule has 3 nitrogen and oxygen atoms in total. The maximum absolute atomic E-state index is 11.4. The number of nitrogen functional groups attached to an aromatic ring is 1. The number of carbonyl (C=O) groups excluding carboxylic acids is 1. The number of benzene rings is 1. The van der Waals surface area contributed by atoms with Crippen molar-refractivity contribution in [3.63, 3.8) is 0 Å². The first-order valence-electron chi connectivity index (χ1n) is 4.56. The first-order valence-corrected chi connectivity index (χ1v) is 6.09. The quantitative estimate of drug-likeness (QED) is 0.801. The molecule has 1 aromatic rings. The number of hydrogen-bond acceptors (Lipinski definition) is 3. The second-order valence-electron chi connectivity index (χ2n) is 2.92. The number of nitrogens with one attached hydrogen (secondary N) is 1. The van der Waals surface area contributed by atoms with Gasteiger partial charge in [0.05, 0.1) is 17.1 Å². The zero-order valence-corrected chi connectivity index (χ0v) is 9.99. The van der Waals surface area contributed by atoms with Crippen molar-refractivity contribution in [3.8, 4) is 0 Å². The van der Waals surface area contributed by atoms with Gasteiger partial charge in [-0.05, 0) is 24.0 Å². The van der Waals surface area contributed by atoms with Crippen LogP contribution in [0.2, 0.25) is 5.02 Å². The molecule has 15 heavy (non-hydrogen) atoms. The van der Waals surface area contributed by atoms with Crippen molar-refractivity contribution in [1.29, 1.82) is 0 Å². The number of amides is 1. The van der Waals surface area contributed by atoms with Crippen molar-refractivity contribution in [3.05, 3.63) is 23.2 Å². The number of rotatable bonds is 4. The predicted molar refractivity (Wildman–Crippen MR) is 67.5 cm³/mol. The minimum atomic E-state index is -0.0594. The smallest absolute Gasteiger partial charge is 0.234 e. The molecule has 0 aromatic heterocycles. The van der Waals surface area contributed by atoms with Gasteiger partial charge in [-0.15, -0.1) is 0 Å². The van der Waals surface area contributed by atoms with Crippen LogP contribution in [0.3, 0.4) is 0 Å². The highest BCUT2D eigenvalue weighted by molar-refractivity contribution is 7.99. The summed E-state index contributed by atoms with van der Waals surface area (Å²) in [6, 6.07) is 5.00. The van der Waals surface area contributed by atoms with Gasteiger partial charge in [-0.2, -0.15) is 11.8 Å². The summed E-state index contributed by atoms with van der Waals surface area (Å²) in [6.45, 7) is 2.01. The normalized spacial score (nSPS) is 10.0. The van der Waals surface area contributed by atoms with Crippen LogP contribution < -0.4 is 11.1 Å². The molecule has 0 unspecified atom stereocenters. The molecule has 0 saturated heterocycles. The third-order valence-electron chi connectivity index (χ3n) is 1.73. The monoisotopic (exact) mass is 244 g/mol. The molecule has 0 atom stereocenters. The summed E-state index contributed by atoms with van der Waals surface area (Å²) in [5.41, 5.74) is 6.78. The lowest BCUT2D eigenvalue weighted by Gasteiger charge is -2.07. The van der Waals surface area contributed by atoms with E-state index in [4.69, 9.17) is 17.3 Å². The highest BCUT2D eigenvalue weighted by atomic mass is 35.5. The molecular formula is C10H13ClN2OS. The first-order chi connectivity index (χ1) is 7.13. The maximum atomic E-state index is 11.4. The second-order valence-corrected chi connectivity index (χ2v) is 4.63. The Morgan fingerprint density at radius 1 is 1.60 bits per heavy atom. The van der Waals surface area contributed by atoms with Crippen LogP contribution in [0.15, 0.2) is 18.2 Å². The number of anilines is 2. The molecule has 0 heterocycles. The molecule has 5 heteroatoms. The Morgan fingerprint density at radius 3 is 3.00 bits per heavy atom. The summed E-state index contributed by atoms with van der Waals surface area (Å²) in [5, 5.41) is 3.27. The Labute approximate surface area is 98.4 Å². The molecule has 82 valence electrons. The van der Waals surface area contributed by atoms with Gasteiger partial charge in [-0.1, -0.05) is 18.5 Å². The summed E-state index contributed by atoms with van der Waals surface area (Å²) in [7, 11) is 0. The second kappa shape index (κ2) is 5.88. The van der Waals surface area contributed by atoms with Crippen LogP contribution in [-0.2, 0) is 4.79 Å². The molecule has 3 N–H and O–H groups in total. The Hall–Kier alpha value is -0.870. The molecule has 0 aliphatic carbocycles. The van der Waals surface area contributed by atoms with E-state index in [0.717, 1.165) is 5.75 Å². The van der Waals surface area contributed by atoms with Crippen molar-refractivity contribution < 1.29 is 4.79 Å². The lowest BCUT2D eigenvalue weighted by atomic mass is 10.2. The van der Waals surface area contributed by atoms with E-state index in [1.54, 1.807) is 30.0 Å². The first kappa shape index (κ1) is 12.2. The molecule has 0 bridgehead atoms. The fourth-order valence-corrected chi connectivity index (χ4v) is 1.65. The highest BCUT2D eigenvalue weighted by Crippen LogP contribution is 2.22. The van der Waals surface area contributed by atoms with Crippen molar-refractivity contribution in [1.82, 2.24) is 0 Å². The lowest BCUT2D eigenvalue weighted by molar-refractivity contribution is -0.113. The Morgan fingerprint density at radius 2 is 2.33 bits per heavy atom. The number of carbonyl (C=O) groups is 1. The van der Waals surface area contributed by atoms with E-state index >= 15 is 0 Å². The average molecular weight is 245 g/mol. The standard InChI is InChI=1S/C10H13ClN2OS/c1-2-15-6-10(14)13-9-5-7(11)3-4-8(9)12/h3-5H,2,6,12H2,1H3,(H,13,14). The van der Waals surface area contributed by atoms with Crippen molar-refractivity contribution >= 4 is 40.6 Å². The van der Waals surface area contributed by atoms with E-state index in [9.17, 15) is 4.79 Å². The largest absolute Gasteiger partial charge is 0.397 e. The van der Waals surface area contributed by atoms with Gasteiger partial charge in [0, 0.05) is 5.02 Å². The van der Waals surface area contributed by atoms with Crippen molar-refractivity contribution in [2.75, 3.05) is 22.6 Å². The highest BCUT2D eigenvalue weighted by Gasteiger charge is 2.05. The van der Waals surface area contributed by atoms with Gasteiger partial charge in [-0.3, -0.25) is 4.79 Å². The molecule has 0 saturated carbocycles. The summed E-state index contributed by atoms with van der Waals surface area (Å²) in [4.78, 5) is 11.4. The number of nitrogens with two attached hydrogens (primary N) is 1. The van der Waals surface area contributed by atoms with Crippen LogP contribution in [-0.4, -0.2) is 17.4 Å². The van der Waals surface area contributed by atoms with Gasteiger partial charge in [-0.25, -0.2) is 0 Å². The van der Waals surface area contributed by atoms with E-state index in [1.165, 1.54) is 0 Å². The summed E-state index contributed by atoms with van der Waals surface area (Å²) >= 11 is 7.35. The van der Waals surface area contributed by atoms with Crippen LogP contribution >= 0.6 is 23.4 Å². The fourth-order valence-electron chi connectivity index (χ4n) is 1.02. The van der Waals surface area contributed by atoms with Gasteiger partial charge in [0.2, 0.25) is 5.91 Å². The van der Waals surface area contributed by atoms with Gasteiger partial charge in [0.15, 0.2) is 0 Å². The number of halogens is 1. The molecular weight excluding hydrogens is 232 g/mol. The molecule has 0 spiro atoms. The molecule has 0 aliphatic heterocycles. The van der Waals surface area contributed by atoms with E-state index in [0.29, 0.717) is 22.2 Å². The number of hydrogen-bond donors (Lipinski definition) is 2. The molecule has 0 fully saturated rings. The molecule has 1 aromatic carbocycles. The SMILES string of the molecule is CCSCC(=O)Nc1cc(Cl)ccc1N. The average Bonchev–Trinajstić information content (AvgIpc) is 2.20.